The van der Waals surface area contributed by atoms with Gasteiger partial charge in [-0.15, -0.1) is 0 Å². The molecule has 0 heterocycles. The zero-order valence-electron chi connectivity index (χ0n) is 16.4. The molecule has 0 radical (unpaired) electrons. The van der Waals surface area contributed by atoms with Crippen LogP contribution in [0.25, 0.3) is 0 Å². The lowest BCUT2D eigenvalue weighted by molar-refractivity contribution is -0.676. The molecule has 29 heavy (non-hydrogen) atoms. The second kappa shape index (κ2) is 11.1. The molecule has 2 amide bonds. The molecule has 0 bridgehead atoms. The van der Waals surface area contributed by atoms with Crippen LogP contribution in [0, 0.1) is 0 Å². The first kappa shape index (κ1) is 22.3. The van der Waals surface area contributed by atoms with Crippen molar-refractivity contribution in [3.8, 4) is 5.75 Å². The number of benzene rings is 2. The summed E-state index contributed by atoms with van der Waals surface area (Å²) in [6.07, 6.45) is 0. The van der Waals surface area contributed by atoms with Crippen molar-refractivity contribution in [1.82, 2.24) is 10.6 Å². The molecule has 0 aromatic heterocycles. The number of halogens is 2. The first-order valence-corrected chi connectivity index (χ1v) is 9.34. The summed E-state index contributed by atoms with van der Waals surface area (Å²) < 4.78 is 29.1. The third-order valence-corrected chi connectivity index (χ3v) is 4.06. The number of alkyl halides is 2. The van der Waals surface area contributed by atoms with E-state index in [0.717, 1.165) is 11.1 Å². The molecule has 0 aliphatic carbocycles. The summed E-state index contributed by atoms with van der Waals surface area (Å²) in [5, 5.41) is 7.12. The number of rotatable bonds is 10. The molecule has 4 N–H and O–H groups in total. The van der Waals surface area contributed by atoms with E-state index in [9.17, 15) is 18.4 Å². The Bertz CT molecular complexity index is 784. The van der Waals surface area contributed by atoms with E-state index in [4.69, 9.17) is 0 Å². The Kier molecular flexibility index (Phi) is 8.54. The van der Waals surface area contributed by atoms with Gasteiger partial charge in [-0.25, -0.2) is 0 Å². The smallest absolute Gasteiger partial charge is 0.387 e. The molecule has 2 aromatic rings. The van der Waals surface area contributed by atoms with Crippen molar-refractivity contribution in [2.24, 2.45) is 0 Å². The van der Waals surface area contributed by atoms with Gasteiger partial charge in [0.2, 0.25) is 5.91 Å². The number of carbonyl (C=O) groups is 2. The number of hydrogen-bond donors (Lipinski definition) is 3. The summed E-state index contributed by atoms with van der Waals surface area (Å²) in [6.45, 7) is 0.823. The second-order valence-corrected chi connectivity index (χ2v) is 6.77. The van der Waals surface area contributed by atoms with Gasteiger partial charge in [-0.05, 0) is 38.1 Å². The predicted octanol–water partition coefficient (Wildman–Crippen LogP) is 1.58. The highest BCUT2D eigenvalue weighted by Crippen LogP contribution is 2.22. The first-order chi connectivity index (χ1) is 13.8. The van der Waals surface area contributed by atoms with Gasteiger partial charge in [-0.1, -0.05) is 30.3 Å². The molecule has 8 heteroatoms. The minimum atomic E-state index is -2.88. The van der Waals surface area contributed by atoms with E-state index in [1.165, 1.54) is 12.1 Å². The Morgan fingerprint density at radius 3 is 2.17 bits per heavy atom. The Balaban J connectivity index is 2.02. The molecule has 0 spiro atoms. The lowest BCUT2D eigenvalue weighted by atomic mass is 9.98. The van der Waals surface area contributed by atoms with Crippen molar-refractivity contribution in [2.45, 2.75) is 32.5 Å². The lowest BCUT2D eigenvalue weighted by Gasteiger charge is -2.17. The third kappa shape index (κ3) is 7.87. The van der Waals surface area contributed by atoms with Crippen LogP contribution in [0.5, 0.6) is 5.75 Å². The van der Waals surface area contributed by atoms with Crippen LogP contribution in [0.4, 0.5) is 8.78 Å². The summed E-state index contributed by atoms with van der Waals surface area (Å²) in [5.74, 6) is -0.450. The van der Waals surface area contributed by atoms with E-state index in [2.05, 4.69) is 15.4 Å². The van der Waals surface area contributed by atoms with Crippen molar-refractivity contribution in [3.63, 3.8) is 0 Å². The molecule has 0 saturated heterocycles. The van der Waals surface area contributed by atoms with Crippen LogP contribution in [0.3, 0.4) is 0 Å². The van der Waals surface area contributed by atoms with Crippen molar-refractivity contribution in [2.75, 3.05) is 13.1 Å². The number of hydrogen-bond acceptors (Lipinski definition) is 3. The van der Waals surface area contributed by atoms with Crippen LogP contribution < -0.4 is 20.7 Å². The van der Waals surface area contributed by atoms with Gasteiger partial charge in [0, 0.05) is 17.2 Å². The summed E-state index contributed by atoms with van der Waals surface area (Å²) in [7, 11) is 0. The molecule has 2 aromatic carbocycles. The van der Waals surface area contributed by atoms with Crippen molar-refractivity contribution in [3.05, 3.63) is 65.7 Å². The SMILES string of the molecule is CC(C)NC(=O)CNC(=O)C[NH2+][C@@H](c1ccccc1)c1ccc(OC(F)F)cc1. The molecule has 156 valence electrons. The summed E-state index contributed by atoms with van der Waals surface area (Å²) in [4.78, 5) is 23.8. The topological polar surface area (TPSA) is 84.0 Å². The maximum Gasteiger partial charge on any atom is 0.387 e. The van der Waals surface area contributed by atoms with E-state index < -0.39 is 6.61 Å². The Morgan fingerprint density at radius 1 is 0.966 bits per heavy atom. The molecule has 6 nitrogen and oxygen atoms in total. The fourth-order valence-electron chi connectivity index (χ4n) is 2.83. The first-order valence-electron chi connectivity index (χ1n) is 9.34. The molecule has 1 atom stereocenters. The second-order valence-electron chi connectivity index (χ2n) is 6.77. The quantitative estimate of drug-likeness (QED) is 0.560. The van der Waals surface area contributed by atoms with E-state index in [1.54, 1.807) is 12.1 Å². The Hall–Kier alpha value is -3.00. The highest BCUT2D eigenvalue weighted by atomic mass is 19.3. The number of nitrogens with one attached hydrogen (secondary N) is 2. The fraction of sp³-hybridized carbons (Fsp3) is 0.333. The van der Waals surface area contributed by atoms with Crippen molar-refractivity contribution >= 4 is 11.8 Å². The average molecular weight is 406 g/mol. The molecule has 0 aliphatic heterocycles. The number of ether oxygens (including phenoxy) is 1. The zero-order valence-corrected chi connectivity index (χ0v) is 16.4. The van der Waals surface area contributed by atoms with E-state index in [-0.39, 0.29) is 42.7 Å². The Morgan fingerprint density at radius 2 is 1.59 bits per heavy atom. The molecule has 2 rings (SSSR count). The molecule has 0 fully saturated rings. The summed E-state index contributed by atoms with van der Waals surface area (Å²) in [5.41, 5.74) is 1.79. The minimum absolute atomic E-state index is 0.00504. The largest absolute Gasteiger partial charge is 0.435 e. The van der Waals surface area contributed by atoms with Crippen LogP contribution in [0.15, 0.2) is 54.6 Å². The van der Waals surface area contributed by atoms with Crippen LogP contribution in [0.1, 0.15) is 31.0 Å². The zero-order chi connectivity index (χ0) is 21.2. The van der Waals surface area contributed by atoms with E-state index >= 15 is 0 Å². The van der Waals surface area contributed by atoms with Crippen molar-refractivity contribution < 1.29 is 28.4 Å². The van der Waals surface area contributed by atoms with Gasteiger partial charge in [-0.2, -0.15) is 8.78 Å². The minimum Gasteiger partial charge on any atom is -0.435 e. The molecule has 0 saturated carbocycles. The summed E-state index contributed by atoms with van der Waals surface area (Å²) in [6, 6.07) is 15.7. The fourth-order valence-corrected chi connectivity index (χ4v) is 2.83. The summed E-state index contributed by atoms with van der Waals surface area (Å²) >= 11 is 0. The van der Waals surface area contributed by atoms with Gasteiger partial charge >= 0.3 is 6.61 Å². The number of amides is 2. The van der Waals surface area contributed by atoms with E-state index in [1.807, 2.05) is 49.5 Å². The Labute approximate surface area is 168 Å². The standard InChI is InChI=1S/C21H25F2N3O3/c1-14(2)26-19(28)13-24-18(27)12-25-20(15-6-4-3-5-7-15)16-8-10-17(11-9-16)29-21(22)23/h3-11,14,20-21,25H,12-13H2,1-2H3,(H,24,27)(H,26,28)/p+1/t20-/m0/s1. The predicted molar refractivity (Wildman–Crippen MR) is 104 cm³/mol. The molecular formula is C21H26F2N3O3+. The van der Waals surface area contributed by atoms with Gasteiger partial charge in [0.15, 0.2) is 6.54 Å². The third-order valence-electron chi connectivity index (χ3n) is 4.06. The average Bonchev–Trinajstić information content (AvgIpc) is 2.67. The van der Waals surface area contributed by atoms with Crippen LogP contribution in [0.2, 0.25) is 0 Å². The monoisotopic (exact) mass is 406 g/mol. The highest BCUT2D eigenvalue weighted by Gasteiger charge is 2.19. The van der Waals surface area contributed by atoms with Crippen LogP contribution >= 0.6 is 0 Å². The van der Waals surface area contributed by atoms with Crippen LogP contribution in [-0.4, -0.2) is 37.6 Å². The van der Waals surface area contributed by atoms with Gasteiger partial charge in [0.25, 0.3) is 5.91 Å². The number of carbonyl (C=O) groups excluding carboxylic acids is 2. The van der Waals surface area contributed by atoms with Gasteiger partial charge in [0.05, 0.1) is 6.54 Å². The van der Waals surface area contributed by atoms with E-state index in [0.29, 0.717) is 0 Å². The van der Waals surface area contributed by atoms with Gasteiger partial charge in [0.1, 0.15) is 11.8 Å². The number of quaternary nitrogens is 1. The maximum atomic E-state index is 12.4. The van der Waals surface area contributed by atoms with Gasteiger partial charge in [-0.3, -0.25) is 9.59 Å². The maximum absolute atomic E-state index is 12.4. The van der Waals surface area contributed by atoms with Crippen LogP contribution in [-0.2, 0) is 9.59 Å². The van der Waals surface area contributed by atoms with Crippen molar-refractivity contribution in [1.29, 1.82) is 0 Å². The van der Waals surface area contributed by atoms with Gasteiger partial charge < -0.3 is 20.7 Å². The highest BCUT2D eigenvalue weighted by molar-refractivity contribution is 5.85. The molecule has 0 aliphatic rings. The normalized spacial score (nSPS) is 11.9. The number of nitrogens with two attached hydrogens (primary N) is 1. The lowest BCUT2D eigenvalue weighted by Crippen LogP contribution is -2.87. The molecule has 0 unspecified atom stereocenters. The molecular weight excluding hydrogens is 380 g/mol.